The normalized spacial score (nSPS) is 22.1. The molecule has 0 fully saturated rings. The predicted octanol–water partition coefficient (Wildman–Crippen LogP) is 1.67. The smallest absolute Gasteiger partial charge is 0.231 e. The highest BCUT2D eigenvalue weighted by Gasteiger charge is 2.23. The summed E-state index contributed by atoms with van der Waals surface area (Å²) in [6.45, 7) is 0.483. The average Bonchev–Trinajstić information content (AvgIpc) is 2.79. The van der Waals surface area contributed by atoms with Gasteiger partial charge in [0.1, 0.15) is 0 Å². The third-order valence-corrected chi connectivity index (χ3v) is 3.03. The number of nitrogens with two attached hydrogens (primary N) is 1. The first-order valence-electron chi connectivity index (χ1n) is 6.02. The largest absolute Gasteiger partial charge is 0.380 e. The Morgan fingerprint density at radius 2 is 2.22 bits per heavy atom. The quantitative estimate of drug-likeness (QED) is 0.794. The molecule has 4 nitrogen and oxygen atoms in total. The van der Waals surface area contributed by atoms with Crippen molar-refractivity contribution in [2.24, 2.45) is 11.7 Å². The van der Waals surface area contributed by atoms with Crippen molar-refractivity contribution in [2.45, 2.75) is 19.1 Å². The maximum Gasteiger partial charge on any atom is 0.231 e. The molecule has 0 saturated heterocycles. The number of benzene rings is 1. The monoisotopic (exact) mass is 246 g/mol. The molecule has 0 aromatic heterocycles. The van der Waals surface area contributed by atoms with Crippen LogP contribution in [0.5, 0.6) is 0 Å². The summed E-state index contributed by atoms with van der Waals surface area (Å²) in [6, 6.07) is 7.63. The first-order valence-corrected chi connectivity index (χ1v) is 6.02. The van der Waals surface area contributed by atoms with E-state index in [1.54, 1.807) is 7.11 Å². The van der Waals surface area contributed by atoms with E-state index in [2.05, 4.69) is 5.32 Å². The zero-order valence-corrected chi connectivity index (χ0v) is 10.4. The van der Waals surface area contributed by atoms with Crippen LogP contribution >= 0.6 is 0 Å². The fourth-order valence-electron chi connectivity index (χ4n) is 2.07. The van der Waals surface area contributed by atoms with E-state index in [9.17, 15) is 4.79 Å². The van der Waals surface area contributed by atoms with Crippen LogP contribution in [0.2, 0.25) is 0 Å². The number of anilines is 1. The highest BCUT2D eigenvalue weighted by atomic mass is 16.5. The highest BCUT2D eigenvalue weighted by Crippen LogP contribution is 2.21. The van der Waals surface area contributed by atoms with E-state index in [1.807, 2.05) is 36.4 Å². The topological polar surface area (TPSA) is 64.3 Å². The van der Waals surface area contributed by atoms with Gasteiger partial charge in [-0.15, -0.1) is 0 Å². The van der Waals surface area contributed by atoms with Crippen molar-refractivity contribution in [3.63, 3.8) is 0 Å². The lowest BCUT2D eigenvalue weighted by Crippen LogP contribution is -2.24. The van der Waals surface area contributed by atoms with Gasteiger partial charge >= 0.3 is 0 Å². The fourth-order valence-corrected chi connectivity index (χ4v) is 2.07. The second kappa shape index (κ2) is 5.80. The summed E-state index contributed by atoms with van der Waals surface area (Å²) in [6.07, 6.45) is 4.43. The Morgan fingerprint density at radius 3 is 2.89 bits per heavy atom. The van der Waals surface area contributed by atoms with Gasteiger partial charge in [-0.1, -0.05) is 30.4 Å². The second-order valence-electron chi connectivity index (χ2n) is 4.47. The number of carbonyl (C=O) groups excluding carboxylic acids is 1. The van der Waals surface area contributed by atoms with Crippen LogP contribution in [0.3, 0.4) is 0 Å². The van der Waals surface area contributed by atoms with Crippen LogP contribution in [0, 0.1) is 5.92 Å². The van der Waals surface area contributed by atoms with Crippen LogP contribution < -0.4 is 11.1 Å². The second-order valence-corrected chi connectivity index (χ2v) is 4.47. The zero-order valence-electron chi connectivity index (χ0n) is 10.4. The van der Waals surface area contributed by atoms with Crippen molar-refractivity contribution in [1.29, 1.82) is 0 Å². The Labute approximate surface area is 107 Å². The lowest BCUT2D eigenvalue weighted by atomic mass is 10.1. The molecule has 1 aromatic rings. The van der Waals surface area contributed by atoms with E-state index in [-0.39, 0.29) is 17.9 Å². The van der Waals surface area contributed by atoms with Crippen LogP contribution in [-0.4, -0.2) is 19.1 Å². The van der Waals surface area contributed by atoms with E-state index in [1.165, 1.54) is 0 Å². The van der Waals surface area contributed by atoms with E-state index >= 15 is 0 Å². The zero-order chi connectivity index (χ0) is 13.0. The number of ether oxygens (including phenoxy) is 1. The first-order chi connectivity index (χ1) is 8.70. The maximum atomic E-state index is 12.1. The number of amides is 1. The van der Waals surface area contributed by atoms with E-state index in [0.29, 0.717) is 13.0 Å². The lowest BCUT2D eigenvalue weighted by molar-refractivity contribution is -0.118. The van der Waals surface area contributed by atoms with Crippen molar-refractivity contribution in [2.75, 3.05) is 12.4 Å². The number of para-hydroxylation sites is 1. The molecule has 1 aliphatic carbocycles. The molecule has 2 rings (SSSR count). The summed E-state index contributed by atoms with van der Waals surface area (Å²) in [5, 5.41) is 2.93. The summed E-state index contributed by atoms with van der Waals surface area (Å²) in [5.41, 5.74) is 7.52. The number of carbonyl (C=O) groups is 1. The van der Waals surface area contributed by atoms with Crippen molar-refractivity contribution in [3.8, 4) is 0 Å². The van der Waals surface area contributed by atoms with Gasteiger partial charge in [-0.3, -0.25) is 4.79 Å². The molecule has 0 saturated carbocycles. The fraction of sp³-hybridized carbons (Fsp3) is 0.357. The average molecular weight is 246 g/mol. The molecule has 0 bridgehead atoms. The highest BCUT2D eigenvalue weighted by molar-refractivity contribution is 5.94. The maximum absolute atomic E-state index is 12.1. The van der Waals surface area contributed by atoms with Crippen LogP contribution in [0.4, 0.5) is 5.69 Å². The first kappa shape index (κ1) is 12.8. The van der Waals surface area contributed by atoms with Gasteiger partial charge in [0.2, 0.25) is 5.91 Å². The Hall–Kier alpha value is -1.65. The molecule has 2 atom stereocenters. The Balaban J connectivity index is 2.05. The molecule has 3 N–H and O–H groups in total. The number of nitrogens with one attached hydrogen (secondary N) is 1. The molecule has 1 amide bonds. The standard InChI is InChI=1S/C14H18N2O2/c1-18-9-11-4-2-3-5-13(11)16-14(17)10-6-7-12(15)8-10/h2-7,10,12H,8-9,15H2,1H3,(H,16,17). The molecule has 18 heavy (non-hydrogen) atoms. The van der Waals surface area contributed by atoms with Crippen molar-refractivity contribution >= 4 is 11.6 Å². The molecule has 0 aliphatic heterocycles. The third kappa shape index (κ3) is 2.97. The molecule has 1 aliphatic rings. The number of methoxy groups -OCH3 is 1. The van der Waals surface area contributed by atoms with Crippen LogP contribution in [-0.2, 0) is 16.1 Å². The van der Waals surface area contributed by atoms with E-state index < -0.39 is 0 Å². The van der Waals surface area contributed by atoms with Gasteiger partial charge < -0.3 is 15.8 Å². The lowest BCUT2D eigenvalue weighted by Gasteiger charge is -2.13. The molecule has 4 heteroatoms. The SMILES string of the molecule is COCc1ccccc1NC(=O)C1C=CC(N)C1. The summed E-state index contributed by atoms with van der Waals surface area (Å²) in [4.78, 5) is 12.1. The molecule has 0 spiro atoms. The van der Waals surface area contributed by atoms with Gasteiger partial charge in [0.05, 0.1) is 12.5 Å². The molecule has 0 radical (unpaired) electrons. The van der Waals surface area contributed by atoms with Crippen molar-refractivity contribution in [3.05, 3.63) is 42.0 Å². The molecule has 0 heterocycles. The third-order valence-electron chi connectivity index (χ3n) is 3.03. The predicted molar refractivity (Wildman–Crippen MR) is 71.0 cm³/mol. The van der Waals surface area contributed by atoms with Gasteiger partial charge in [-0.25, -0.2) is 0 Å². The Bertz CT molecular complexity index is 457. The summed E-state index contributed by atoms with van der Waals surface area (Å²) >= 11 is 0. The van der Waals surface area contributed by atoms with Crippen molar-refractivity contribution < 1.29 is 9.53 Å². The van der Waals surface area contributed by atoms with Gasteiger partial charge in [0.25, 0.3) is 0 Å². The summed E-state index contributed by atoms with van der Waals surface area (Å²) < 4.78 is 5.11. The van der Waals surface area contributed by atoms with Crippen LogP contribution in [0.25, 0.3) is 0 Å². The van der Waals surface area contributed by atoms with Gasteiger partial charge in [-0.2, -0.15) is 0 Å². The molecular formula is C14H18N2O2. The number of hydrogen-bond acceptors (Lipinski definition) is 3. The minimum Gasteiger partial charge on any atom is -0.380 e. The minimum absolute atomic E-state index is 0.00466. The van der Waals surface area contributed by atoms with Crippen LogP contribution in [0.1, 0.15) is 12.0 Å². The summed E-state index contributed by atoms with van der Waals surface area (Å²) in [5.74, 6) is -0.140. The minimum atomic E-state index is -0.129. The molecule has 96 valence electrons. The van der Waals surface area contributed by atoms with Crippen molar-refractivity contribution in [1.82, 2.24) is 0 Å². The Kier molecular flexibility index (Phi) is 4.12. The number of rotatable bonds is 4. The van der Waals surface area contributed by atoms with Crippen LogP contribution in [0.15, 0.2) is 36.4 Å². The van der Waals surface area contributed by atoms with Gasteiger partial charge in [0.15, 0.2) is 0 Å². The molecular weight excluding hydrogens is 228 g/mol. The van der Waals surface area contributed by atoms with E-state index in [4.69, 9.17) is 10.5 Å². The van der Waals surface area contributed by atoms with Gasteiger partial charge in [-0.05, 0) is 12.5 Å². The Morgan fingerprint density at radius 1 is 1.44 bits per heavy atom. The number of hydrogen-bond donors (Lipinski definition) is 2. The molecule has 1 aromatic carbocycles. The summed E-state index contributed by atoms with van der Waals surface area (Å²) in [7, 11) is 1.64. The van der Waals surface area contributed by atoms with Gasteiger partial charge in [0, 0.05) is 24.4 Å². The molecule has 2 unspecified atom stereocenters. The van der Waals surface area contributed by atoms with E-state index in [0.717, 1.165) is 11.3 Å².